The van der Waals surface area contributed by atoms with Crippen molar-refractivity contribution in [2.45, 2.75) is 19.9 Å². The lowest BCUT2D eigenvalue weighted by Gasteiger charge is -2.10. The lowest BCUT2D eigenvalue weighted by atomic mass is 10.1. The first-order valence-electron chi connectivity index (χ1n) is 7.01. The molecule has 1 unspecified atom stereocenters. The van der Waals surface area contributed by atoms with Crippen molar-refractivity contribution in [3.63, 3.8) is 0 Å². The third-order valence-electron chi connectivity index (χ3n) is 3.40. The molecule has 0 bridgehead atoms. The van der Waals surface area contributed by atoms with E-state index in [4.69, 9.17) is 14.9 Å². The highest BCUT2D eigenvalue weighted by molar-refractivity contribution is 5.78. The second kappa shape index (κ2) is 5.58. The largest absolute Gasteiger partial charge is 0.492 e. The van der Waals surface area contributed by atoms with Crippen LogP contribution in [0.3, 0.4) is 0 Å². The van der Waals surface area contributed by atoms with Gasteiger partial charge in [-0.2, -0.15) is 0 Å². The summed E-state index contributed by atoms with van der Waals surface area (Å²) in [4.78, 5) is 4.17. The van der Waals surface area contributed by atoms with Crippen LogP contribution in [0.15, 0.2) is 47.1 Å². The Labute approximate surface area is 123 Å². The number of pyridine rings is 1. The first-order valence-corrected chi connectivity index (χ1v) is 7.01. The van der Waals surface area contributed by atoms with Crippen LogP contribution in [-0.4, -0.2) is 11.6 Å². The van der Waals surface area contributed by atoms with E-state index in [1.807, 2.05) is 31.2 Å². The summed E-state index contributed by atoms with van der Waals surface area (Å²) in [5, 5.41) is 1.06. The number of nitrogens with zero attached hydrogens (tertiary/aromatic N) is 1. The molecule has 0 saturated heterocycles. The molecule has 1 atom stereocenters. The van der Waals surface area contributed by atoms with Gasteiger partial charge in [-0.05, 0) is 43.7 Å². The Morgan fingerprint density at radius 2 is 2.10 bits per heavy atom. The smallest absolute Gasteiger partial charge is 0.137 e. The van der Waals surface area contributed by atoms with Crippen molar-refractivity contribution >= 4 is 11.0 Å². The normalized spacial score (nSPS) is 12.5. The van der Waals surface area contributed by atoms with Crippen LogP contribution in [0.5, 0.6) is 5.75 Å². The van der Waals surface area contributed by atoms with Gasteiger partial charge in [0.1, 0.15) is 17.1 Å². The topological polar surface area (TPSA) is 61.3 Å². The number of ether oxygens (including phenoxy) is 1. The van der Waals surface area contributed by atoms with Gasteiger partial charge in [-0.3, -0.25) is 4.98 Å². The van der Waals surface area contributed by atoms with Crippen molar-refractivity contribution < 1.29 is 9.15 Å². The van der Waals surface area contributed by atoms with Crippen molar-refractivity contribution in [1.82, 2.24) is 4.98 Å². The standard InChI is InChI=1S/C17H18N2O2/c1-3-20-14-7-13(9-19-10-14)17(18)16-8-12-6-11(2)4-5-15(12)21-16/h4-10,17H,3,18H2,1-2H3. The van der Waals surface area contributed by atoms with E-state index in [0.29, 0.717) is 6.61 Å². The molecule has 0 spiro atoms. The lowest BCUT2D eigenvalue weighted by Crippen LogP contribution is -2.11. The van der Waals surface area contributed by atoms with Crippen molar-refractivity contribution in [1.29, 1.82) is 0 Å². The Balaban J connectivity index is 1.95. The first kappa shape index (κ1) is 13.6. The molecule has 2 aromatic heterocycles. The molecule has 21 heavy (non-hydrogen) atoms. The number of benzene rings is 1. The predicted octanol–water partition coefficient (Wildman–Crippen LogP) is 3.58. The molecule has 2 heterocycles. The molecule has 0 saturated carbocycles. The number of fused-ring (bicyclic) bond motifs is 1. The van der Waals surface area contributed by atoms with E-state index in [1.165, 1.54) is 5.56 Å². The van der Waals surface area contributed by atoms with E-state index in [9.17, 15) is 0 Å². The molecule has 2 N–H and O–H groups in total. The second-order valence-corrected chi connectivity index (χ2v) is 5.05. The SMILES string of the molecule is CCOc1cncc(C(N)c2cc3cc(C)ccc3o2)c1. The van der Waals surface area contributed by atoms with Crippen LogP contribution in [0.4, 0.5) is 0 Å². The molecule has 4 heteroatoms. The minimum Gasteiger partial charge on any atom is -0.492 e. The fraction of sp³-hybridized carbons (Fsp3) is 0.235. The molecule has 0 aliphatic heterocycles. The Bertz CT molecular complexity index is 764. The average Bonchev–Trinajstić information content (AvgIpc) is 2.90. The highest BCUT2D eigenvalue weighted by Gasteiger charge is 2.15. The Morgan fingerprint density at radius 3 is 2.90 bits per heavy atom. The quantitative estimate of drug-likeness (QED) is 0.794. The first-order chi connectivity index (χ1) is 10.2. The van der Waals surface area contributed by atoms with E-state index in [0.717, 1.165) is 28.0 Å². The lowest BCUT2D eigenvalue weighted by molar-refractivity contribution is 0.338. The van der Waals surface area contributed by atoms with Crippen LogP contribution in [0.2, 0.25) is 0 Å². The maximum absolute atomic E-state index is 6.29. The van der Waals surface area contributed by atoms with Crippen LogP contribution >= 0.6 is 0 Å². The van der Waals surface area contributed by atoms with Gasteiger partial charge < -0.3 is 14.9 Å². The zero-order chi connectivity index (χ0) is 14.8. The summed E-state index contributed by atoms with van der Waals surface area (Å²) in [5.74, 6) is 1.45. The Hall–Kier alpha value is -2.33. The summed E-state index contributed by atoms with van der Waals surface area (Å²) >= 11 is 0. The average molecular weight is 282 g/mol. The van der Waals surface area contributed by atoms with Crippen LogP contribution in [-0.2, 0) is 0 Å². The molecule has 3 aromatic rings. The molecular formula is C17H18N2O2. The number of hydrogen-bond acceptors (Lipinski definition) is 4. The minimum atomic E-state index is -0.356. The number of furan rings is 1. The highest BCUT2D eigenvalue weighted by Crippen LogP contribution is 2.28. The second-order valence-electron chi connectivity index (χ2n) is 5.05. The number of aryl methyl sites for hydroxylation is 1. The van der Waals surface area contributed by atoms with Gasteiger partial charge in [0.2, 0.25) is 0 Å². The zero-order valence-corrected chi connectivity index (χ0v) is 12.2. The van der Waals surface area contributed by atoms with E-state index < -0.39 is 0 Å². The fourth-order valence-corrected chi connectivity index (χ4v) is 2.35. The molecule has 4 nitrogen and oxygen atoms in total. The summed E-state index contributed by atoms with van der Waals surface area (Å²) in [6, 6.07) is 9.61. The van der Waals surface area contributed by atoms with Gasteiger partial charge in [0.05, 0.1) is 18.8 Å². The van der Waals surface area contributed by atoms with Gasteiger partial charge in [0.25, 0.3) is 0 Å². The number of rotatable bonds is 4. The van der Waals surface area contributed by atoms with E-state index in [2.05, 4.69) is 18.0 Å². The minimum absolute atomic E-state index is 0.356. The van der Waals surface area contributed by atoms with Crippen LogP contribution in [0, 0.1) is 6.92 Å². The Kier molecular flexibility index (Phi) is 3.62. The van der Waals surface area contributed by atoms with Crippen molar-refractivity contribution in [2.24, 2.45) is 5.73 Å². The van der Waals surface area contributed by atoms with Gasteiger partial charge >= 0.3 is 0 Å². The molecule has 3 rings (SSSR count). The third kappa shape index (κ3) is 2.76. The molecule has 0 radical (unpaired) electrons. The van der Waals surface area contributed by atoms with E-state index in [-0.39, 0.29) is 6.04 Å². The van der Waals surface area contributed by atoms with Crippen molar-refractivity contribution in [2.75, 3.05) is 6.61 Å². The van der Waals surface area contributed by atoms with E-state index >= 15 is 0 Å². The molecular weight excluding hydrogens is 264 g/mol. The van der Waals surface area contributed by atoms with Gasteiger partial charge in [-0.15, -0.1) is 0 Å². The molecule has 0 aliphatic rings. The summed E-state index contributed by atoms with van der Waals surface area (Å²) in [7, 11) is 0. The summed E-state index contributed by atoms with van der Waals surface area (Å²) < 4.78 is 11.3. The van der Waals surface area contributed by atoms with Gasteiger partial charge in [-0.25, -0.2) is 0 Å². The number of aromatic nitrogens is 1. The zero-order valence-electron chi connectivity index (χ0n) is 12.2. The van der Waals surface area contributed by atoms with Gasteiger partial charge in [0.15, 0.2) is 0 Å². The van der Waals surface area contributed by atoms with E-state index in [1.54, 1.807) is 12.4 Å². The summed E-state index contributed by atoms with van der Waals surface area (Å²) in [6.07, 6.45) is 3.42. The molecule has 0 amide bonds. The maximum Gasteiger partial charge on any atom is 0.137 e. The van der Waals surface area contributed by atoms with Crippen molar-refractivity contribution in [3.05, 3.63) is 59.6 Å². The molecule has 0 fully saturated rings. The summed E-state index contributed by atoms with van der Waals surface area (Å²) in [5.41, 5.74) is 9.21. The monoisotopic (exact) mass is 282 g/mol. The van der Waals surface area contributed by atoms with Crippen LogP contribution in [0.1, 0.15) is 29.9 Å². The summed E-state index contributed by atoms with van der Waals surface area (Å²) in [6.45, 7) is 4.60. The Morgan fingerprint density at radius 1 is 1.24 bits per heavy atom. The maximum atomic E-state index is 6.29. The van der Waals surface area contributed by atoms with Gasteiger partial charge in [0, 0.05) is 11.6 Å². The van der Waals surface area contributed by atoms with Gasteiger partial charge in [-0.1, -0.05) is 11.6 Å². The number of nitrogens with two attached hydrogens (primary N) is 1. The molecule has 108 valence electrons. The molecule has 0 aliphatic carbocycles. The number of hydrogen-bond donors (Lipinski definition) is 1. The van der Waals surface area contributed by atoms with Crippen LogP contribution in [0.25, 0.3) is 11.0 Å². The third-order valence-corrected chi connectivity index (χ3v) is 3.40. The highest BCUT2D eigenvalue weighted by atomic mass is 16.5. The van der Waals surface area contributed by atoms with Crippen LogP contribution < -0.4 is 10.5 Å². The van der Waals surface area contributed by atoms with Crippen molar-refractivity contribution in [3.8, 4) is 5.75 Å². The predicted molar refractivity (Wildman–Crippen MR) is 82.4 cm³/mol. The molecule has 1 aromatic carbocycles. The fourth-order valence-electron chi connectivity index (χ4n) is 2.35.